The number of carbonyl (C=O) groups is 4. The van der Waals surface area contributed by atoms with Crippen LogP contribution in [-0.4, -0.2) is 62.7 Å². The first kappa shape index (κ1) is 31.7. The summed E-state index contributed by atoms with van der Waals surface area (Å²) in [6.45, 7) is 2.18. The molecule has 2 amide bonds. The molecule has 1 aromatic heterocycles. The highest BCUT2D eigenvalue weighted by Crippen LogP contribution is 2.30. The lowest BCUT2D eigenvalue weighted by Gasteiger charge is -2.37. The van der Waals surface area contributed by atoms with Gasteiger partial charge in [-0.05, 0) is 42.5 Å². The van der Waals surface area contributed by atoms with E-state index in [4.69, 9.17) is 10.5 Å². The van der Waals surface area contributed by atoms with Gasteiger partial charge in [-0.2, -0.15) is 5.10 Å². The number of methoxy groups -OCH3 is 1. The van der Waals surface area contributed by atoms with E-state index < -0.39 is 41.8 Å². The summed E-state index contributed by atoms with van der Waals surface area (Å²) >= 11 is 0. The number of carboxylic acid groups (broad SMARTS) is 1. The number of aromatic nitrogens is 2. The molecular formula is C34H36N4O6. The zero-order valence-electron chi connectivity index (χ0n) is 24.7. The molecule has 4 rings (SSSR count). The Balaban J connectivity index is 1.74. The Labute approximate surface area is 256 Å². The molecule has 10 nitrogen and oxygen atoms in total. The third kappa shape index (κ3) is 7.77. The van der Waals surface area contributed by atoms with Gasteiger partial charge < -0.3 is 20.5 Å². The second kappa shape index (κ2) is 14.8. The molecule has 10 heteroatoms. The van der Waals surface area contributed by atoms with Crippen molar-refractivity contribution < 1.29 is 29.0 Å². The van der Waals surface area contributed by atoms with Crippen molar-refractivity contribution in [3.05, 3.63) is 125 Å². The second-order valence-corrected chi connectivity index (χ2v) is 10.6. The van der Waals surface area contributed by atoms with E-state index >= 15 is 0 Å². The van der Waals surface area contributed by atoms with Crippen molar-refractivity contribution in [1.29, 1.82) is 0 Å². The number of hydrogen-bond donors (Lipinski definition) is 2. The number of carboxylic acids is 1. The van der Waals surface area contributed by atoms with E-state index in [2.05, 4.69) is 5.10 Å². The minimum atomic E-state index is -1.38. The van der Waals surface area contributed by atoms with Gasteiger partial charge in [-0.15, -0.1) is 0 Å². The Kier molecular flexibility index (Phi) is 10.6. The molecule has 1 heterocycles. The molecule has 228 valence electrons. The number of rotatable bonds is 14. The van der Waals surface area contributed by atoms with E-state index in [-0.39, 0.29) is 31.5 Å². The van der Waals surface area contributed by atoms with Crippen LogP contribution in [0.4, 0.5) is 0 Å². The topological polar surface area (TPSA) is 145 Å². The molecule has 0 saturated carbocycles. The van der Waals surface area contributed by atoms with E-state index in [9.17, 15) is 24.3 Å². The third-order valence-corrected chi connectivity index (χ3v) is 7.46. The molecule has 0 aliphatic heterocycles. The third-order valence-electron chi connectivity index (χ3n) is 7.46. The summed E-state index contributed by atoms with van der Waals surface area (Å²) in [5.41, 5.74) is 9.10. The Morgan fingerprint density at radius 2 is 1.55 bits per heavy atom. The molecule has 0 unspecified atom stereocenters. The van der Waals surface area contributed by atoms with Crippen molar-refractivity contribution in [1.82, 2.24) is 14.7 Å². The fraction of sp³-hybridized carbons (Fsp3) is 0.265. The molecule has 0 bridgehead atoms. The SMILES string of the molecule is COC(=O)c1ccn(CCC[C@@H](C(=O)O)N(C(=O)C(c2ccccc2)c2ccccc2)[C@@H](Cc2cccc(C)c2)C(N)=O)n1. The van der Waals surface area contributed by atoms with Crippen molar-refractivity contribution in [2.45, 2.75) is 50.7 Å². The summed E-state index contributed by atoms with van der Waals surface area (Å²) in [4.78, 5) is 53.7. The Morgan fingerprint density at radius 3 is 2.09 bits per heavy atom. The number of amides is 2. The molecule has 0 saturated heterocycles. The number of aliphatic carboxylic acids is 1. The number of nitrogens with zero attached hydrogens (tertiary/aromatic N) is 3. The molecule has 3 N–H and O–H groups in total. The maximum Gasteiger partial charge on any atom is 0.358 e. The Hall–Kier alpha value is -5.25. The number of esters is 1. The summed E-state index contributed by atoms with van der Waals surface area (Å²) in [5.74, 6) is -4.08. The Morgan fingerprint density at radius 1 is 0.909 bits per heavy atom. The largest absolute Gasteiger partial charge is 0.480 e. The van der Waals surface area contributed by atoms with Gasteiger partial charge >= 0.3 is 11.9 Å². The van der Waals surface area contributed by atoms with Crippen LogP contribution in [0.3, 0.4) is 0 Å². The lowest BCUT2D eigenvalue weighted by molar-refractivity contribution is -0.155. The van der Waals surface area contributed by atoms with Crippen LogP contribution >= 0.6 is 0 Å². The number of carbonyl (C=O) groups excluding carboxylic acids is 3. The lowest BCUT2D eigenvalue weighted by atomic mass is 9.88. The van der Waals surface area contributed by atoms with Crippen LogP contribution < -0.4 is 5.73 Å². The standard InChI is InChI=1S/C34H36N4O6/c1-23-11-9-12-24(21-23)22-29(31(35)39)38(28(33(41)42)17-10-19-37-20-18-27(36-37)34(43)44-2)32(40)30(25-13-5-3-6-14-25)26-15-7-4-8-16-26/h3-9,11-16,18,20-21,28-30H,10,17,19,22H2,1-2H3,(H2,35,39)(H,41,42)/t28-,29-/m0/s1. The van der Waals surface area contributed by atoms with Crippen LogP contribution in [0.2, 0.25) is 0 Å². The minimum absolute atomic E-state index is 0.00237. The van der Waals surface area contributed by atoms with Crippen molar-refractivity contribution >= 4 is 23.8 Å². The Bertz CT molecular complexity index is 1550. The highest BCUT2D eigenvalue weighted by atomic mass is 16.5. The van der Waals surface area contributed by atoms with Crippen LogP contribution in [0.15, 0.2) is 97.2 Å². The minimum Gasteiger partial charge on any atom is -0.480 e. The fourth-order valence-electron chi connectivity index (χ4n) is 5.37. The number of hydrogen-bond acceptors (Lipinski definition) is 6. The molecule has 3 aromatic carbocycles. The molecule has 0 fully saturated rings. The molecule has 0 aliphatic carbocycles. The van der Waals surface area contributed by atoms with Crippen molar-refractivity contribution in [3.63, 3.8) is 0 Å². The normalized spacial score (nSPS) is 12.3. The first-order valence-corrected chi connectivity index (χ1v) is 14.3. The first-order valence-electron chi connectivity index (χ1n) is 14.3. The number of benzene rings is 3. The average Bonchev–Trinajstić information content (AvgIpc) is 3.49. The maximum atomic E-state index is 14.7. The van der Waals surface area contributed by atoms with Crippen molar-refractivity contribution in [2.75, 3.05) is 7.11 Å². The van der Waals surface area contributed by atoms with Crippen molar-refractivity contribution in [2.24, 2.45) is 5.73 Å². The van der Waals surface area contributed by atoms with E-state index in [0.29, 0.717) is 11.1 Å². The highest BCUT2D eigenvalue weighted by molar-refractivity contribution is 5.95. The summed E-state index contributed by atoms with van der Waals surface area (Å²) in [6.07, 6.45) is 1.92. The quantitative estimate of drug-likeness (QED) is 0.210. The zero-order chi connectivity index (χ0) is 31.6. The first-order chi connectivity index (χ1) is 21.2. The zero-order valence-corrected chi connectivity index (χ0v) is 24.7. The van der Waals surface area contributed by atoms with Gasteiger partial charge in [0.15, 0.2) is 5.69 Å². The second-order valence-electron chi connectivity index (χ2n) is 10.6. The van der Waals surface area contributed by atoms with E-state index in [1.165, 1.54) is 22.8 Å². The maximum absolute atomic E-state index is 14.7. The molecule has 0 radical (unpaired) electrons. The molecule has 4 aromatic rings. The number of ether oxygens (including phenoxy) is 1. The fourth-order valence-corrected chi connectivity index (χ4v) is 5.37. The van der Waals surface area contributed by atoms with Gasteiger partial charge in [0.05, 0.1) is 13.0 Å². The smallest absolute Gasteiger partial charge is 0.358 e. The van der Waals surface area contributed by atoms with Gasteiger partial charge in [-0.1, -0.05) is 90.5 Å². The van der Waals surface area contributed by atoms with Crippen LogP contribution in [0.1, 0.15) is 51.5 Å². The lowest BCUT2D eigenvalue weighted by Crippen LogP contribution is -2.57. The molecule has 0 spiro atoms. The number of aryl methyl sites for hydroxylation is 2. The number of nitrogens with two attached hydrogens (primary N) is 1. The van der Waals surface area contributed by atoms with Gasteiger partial charge in [0.25, 0.3) is 0 Å². The summed E-state index contributed by atoms with van der Waals surface area (Å²) in [6, 6.07) is 24.5. The van der Waals surface area contributed by atoms with Gasteiger partial charge in [0.1, 0.15) is 12.1 Å². The van der Waals surface area contributed by atoms with E-state index in [0.717, 1.165) is 11.1 Å². The predicted molar refractivity (Wildman–Crippen MR) is 164 cm³/mol. The van der Waals surface area contributed by atoms with E-state index in [1.54, 1.807) is 30.5 Å². The van der Waals surface area contributed by atoms with Crippen molar-refractivity contribution in [3.8, 4) is 0 Å². The van der Waals surface area contributed by atoms with Crippen LogP contribution in [0.25, 0.3) is 0 Å². The molecular weight excluding hydrogens is 560 g/mol. The van der Waals surface area contributed by atoms with Gasteiger partial charge in [-0.25, -0.2) is 9.59 Å². The average molecular weight is 597 g/mol. The summed E-state index contributed by atoms with van der Waals surface area (Å²) < 4.78 is 6.21. The van der Waals surface area contributed by atoms with Gasteiger partial charge in [0.2, 0.25) is 11.8 Å². The monoisotopic (exact) mass is 596 g/mol. The van der Waals surface area contributed by atoms with Crippen LogP contribution in [-0.2, 0) is 32.1 Å². The van der Waals surface area contributed by atoms with Gasteiger partial charge in [0, 0.05) is 19.2 Å². The predicted octanol–water partition coefficient (Wildman–Crippen LogP) is 3.97. The van der Waals surface area contributed by atoms with E-state index in [1.807, 2.05) is 67.6 Å². The number of primary amides is 1. The summed E-state index contributed by atoms with van der Waals surface area (Å²) in [7, 11) is 1.26. The molecule has 44 heavy (non-hydrogen) atoms. The molecule has 0 aliphatic rings. The van der Waals surface area contributed by atoms with Crippen LogP contribution in [0, 0.1) is 6.92 Å². The van der Waals surface area contributed by atoms with Gasteiger partial charge in [-0.3, -0.25) is 14.3 Å². The summed E-state index contributed by atoms with van der Waals surface area (Å²) in [5, 5.41) is 14.7. The highest BCUT2D eigenvalue weighted by Gasteiger charge is 2.41. The van der Waals surface area contributed by atoms with Crippen LogP contribution in [0.5, 0.6) is 0 Å². The molecule has 2 atom stereocenters.